The summed E-state index contributed by atoms with van der Waals surface area (Å²) in [6, 6.07) is 15.8. The number of nitrogens with zero attached hydrogens (tertiary/aromatic N) is 2. The number of ether oxygens (including phenoxy) is 1. The molecule has 1 aliphatic rings. The molecule has 1 aromatic heterocycles. The Morgan fingerprint density at radius 1 is 1.06 bits per heavy atom. The number of ketones is 1. The number of amides is 1. The predicted octanol–water partition coefficient (Wildman–Crippen LogP) is 4.33. The number of Topliss-reactive ketones (excluding diaryl/α,β-unsaturated/α-hetero) is 1. The number of likely N-dealkylation sites (tertiary alicyclic amines) is 1. The number of hydrogen-bond acceptors (Lipinski definition) is 5. The molecule has 2 heterocycles. The minimum absolute atomic E-state index is 0.0813. The fraction of sp³-hybridized carbons (Fsp3) is 0.192. The Bertz CT molecular complexity index is 1200. The number of aryl methyl sites for hydroxylation is 2. The SMILES string of the molecule is COc1cc(C)c(/C(O)=C2\C(=O)C(=O)N(Cc3cccnc3)C2c2ccccc2)cc1C. The Morgan fingerprint density at radius 3 is 2.47 bits per heavy atom. The van der Waals surface area contributed by atoms with Crippen LogP contribution < -0.4 is 4.74 Å². The number of carbonyl (C=O) groups is 2. The van der Waals surface area contributed by atoms with Crippen molar-refractivity contribution in [3.8, 4) is 5.75 Å². The van der Waals surface area contributed by atoms with Crippen LogP contribution in [0.3, 0.4) is 0 Å². The maximum atomic E-state index is 13.2. The number of methoxy groups -OCH3 is 1. The van der Waals surface area contributed by atoms with Gasteiger partial charge in [-0.1, -0.05) is 36.4 Å². The standard InChI is InChI=1S/C26H24N2O4/c1-16-13-21(32-3)17(2)12-20(16)24(29)22-23(19-9-5-4-6-10-19)28(26(31)25(22)30)15-18-8-7-11-27-14-18/h4-14,23,29H,15H2,1-3H3/b24-22+. The molecule has 0 aliphatic carbocycles. The maximum Gasteiger partial charge on any atom is 0.295 e. The lowest BCUT2D eigenvalue weighted by atomic mass is 9.93. The molecule has 1 N–H and O–H groups in total. The summed E-state index contributed by atoms with van der Waals surface area (Å²) in [5.41, 5.74) is 3.70. The zero-order valence-electron chi connectivity index (χ0n) is 18.2. The zero-order valence-corrected chi connectivity index (χ0v) is 18.2. The molecule has 4 rings (SSSR count). The number of rotatable bonds is 5. The zero-order chi connectivity index (χ0) is 22.8. The second-order valence-electron chi connectivity index (χ2n) is 7.84. The van der Waals surface area contributed by atoms with Crippen LogP contribution in [-0.2, 0) is 16.1 Å². The molecule has 1 saturated heterocycles. The molecule has 1 atom stereocenters. The highest BCUT2D eigenvalue weighted by Crippen LogP contribution is 2.41. The Balaban J connectivity index is 1.89. The number of aliphatic hydroxyl groups is 1. The van der Waals surface area contributed by atoms with E-state index in [0.29, 0.717) is 11.3 Å². The first-order chi connectivity index (χ1) is 15.4. The van der Waals surface area contributed by atoms with E-state index in [1.165, 1.54) is 4.90 Å². The van der Waals surface area contributed by atoms with Crippen molar-refractivity contribution >= 4 is 17.4 Å². The van der Waals surface area contributed by atoms with Crippen molar-refractivity contribution in [2.24, 2.45) is 0 Å². The Kier molecular flexibility index (Phi) is 5.77. The van der Waals surface area contributed by atoms with Crippen LogP contribution in [0.4, 0.5) is 0 Å². The van der Waals surface area contributed by atoms with Crippen molar-refractivity contribution in [2.75, 3.05) is 7.11 Å². The van der Waals surface area contributed by atoms with Crippen molar-refractivity contribution in [2.45, 2.75) is 26.4 Å². The van der Waals surface area contributed by atoms with Gasteiger partial charge in [0.15, 0.2) is 0 Å². The predicted molar refractivity (Wildman–Crippen MR) is 121 cm³/mol. The van der Waals surface area contributed by atoms with E-state index in [1.54, 1.807) is 31.6 Å². The second kappa shape index (κ2) is 8.67. The molecule has 1 fully saturated rings. The lowest BCUT2D eigenvalue weighted by Gasteiger charge is -2.25. The van der Waals surface area contributed by atoms with Gasteiger partial charge in [-0.15, -0.1) is 0 Å². The first-order valence-electron chi connectivity index (χ1n) is 10.3. The van der Waals surface area contributed by atoms with Gasteiger partial charge in [-0.25, -0.2) is 0 Å². The van der Waals surface area contributed by atoms with E-state index in [4.69, 9.17) is 4.74 Å². The Morgan fingerprint density at radius 2 is 1.81 bits per heavy atom. The number of pyridine rings is 1. The summed E-state index contributed by atoms with van der Waals surface area (Å²) in [5, 5.41) is 11.3. The lowest BCUT2D eigenvalue weighted by Crippen LogP contribution is -2.29. The lowest BCUT2D eigenvalue weighted by molar-refractivity contribution is -0.140. The van der Waals surface area contributed by atoms with Gasteiger partial charge in [-0.05, 0) is 54.3 Å². The van der Waals surface area contributed by atoms with Crippen molar-refractivity contribution in [3.63, 3.8) is 0 Å². The highest BCUT2D eigenvalue weighted by Gasteiger charge is 2.46. The molecule has 1 unspecified atom stereocenters. The monoisotopic (exact) mass is 428 g/mol. The molecule has 1 aliphatic heterocycles. The summed E-state index contributed by atoms with van der Waals surface area (Å²) >= 11 is 0. The second-order valence-corrected chi connectivity index (χ2v) is 7.84. The van der Waals surface area contributed by atoms with Crippen LogP contribution in [0.1, 0.15) is 33.9 Å². The van der Waals surface area contributed by atoms with E-state index in [1.807, 2.05) is 56.3 Å². The van der Waals surface area contributed by atoms with Crippen LogP contribution in [0.5, 0.6) is 5.75 Å². The molecule has 1 amide bonds. The average molecular weight is 428 g/mol. The number of aliphatic hydroxyl groups excluding tert-OH is 1. The number of aromatic nitrogens is 1. The summed E-state index contributed by atoms with van der Waals surface area (Å²) in [5.74, 6) is -0.843. The molecule has 32 heavy (non-hydrogen) atoms. The van der Waals surface area contributed by atoms with Crippen LogP contribution in [0.2, 0.25) is 0 Å². The van der Waals surface area contributed by atoms with Crippen LogP contribution in [0.15, 0.2) is 72.6 Å². The van der Waals surface area contributed by atoms with Crippen LogP contribution >= 0.6 is 0 Å². The van der Waals surface area contributed by atoms with Gasteiger partial charge in [-0.2, -0.15) is 0 Å². The third-order valence-electron chi connectivity index (χ3n) is 5.73. The molecule has 0 radical (unpaired) electrons. The summed E-state index contributed by atoms with van der Waals surface area (Å²) in [6.45, 7) is 3.90. The number of hydrogen-bond donors (Lipinski definition) is 1. The van der Waals surface area contributed by atoms with E-state index in [2.05, 4.69) is 4.98 Å². The first-order valence-corrected chi connectivity index (χ1v) is 10.3. The van der Waals surface area contributed by atoms with Crippen LogP contribution in [0.25, 0.3) is 5.76 Å². The molecule has 6 nitrogen and oxygen atoms in total. The van der Waals surface area contributed by atoms with Gasteiger partial charge in [-0.3, -0.25) is 14.6 Å². The summed E-state index contributed by atoms with van der Waals surface area (Å²) < 4.78 is 5.37. The van der Waals surface area contributed by atoms with Crippen molar-refractivity contribution < 1.29 is 19.4 Å². The van der Waals surface area contributed by atoms with E-state index in [0.717, 1.165) is 22.3 Å². The molecule has 0 saturated carbocycles. The third kappa shape index (κ3) is 3.75. The normalized spacial score (nSPS) is 17.6. The topological polar surface area (TPSA) is 79.7 Å². The third-order valence-corrected chi connectivity index (χ3v) is 5.73. The largest absolute Gasteiger partial charge is 0.507 e. The smallest absolute Gasteiger partial charge is 0.295 e. The summed E-state index contributed by atoms with van der Waals surface area (Å²) in [4.78, 5) is 31.9. The van der Waals surface area contributed by atoms with Crippen LogP contribution in [0, 0.1) is 13.8 Å². The minimum atomic E-state index is -0.710. The Hall–Kier alpha value is -3.93. The summed E-state index contributed by atoms with van der Waals surface area (Å²) in [6.07, 6.45) is 3.32. The number of benzene rings is 2. The molecule has 0 bridgehead atoms. The van der Waals surface area contributed by atoms with E-state index in [9.17, 15) is 14.7 Å². The summed E-state index contributed by atoms with van der Waals surface area (Å²) in [7, 11) is 1.58. The van der Waals surface area contributed by atoms with Gasteiger partial charge in [0.25, 0.3) is 11.7 Å². The molecule has 3 aromatic rings. The van der Waals surface area contributed by atoms with Gasteiger partial charge in [0, 0.05) is 24.5 Å². The molecule has 6 heteroatoms. The van der Waals surface area contributed by atoms with Crippen LogP contribution in [-0.4, -0.2) is 33.8 Å². The highest BCUT2D eigenvalue weighted by molar-refractivity contribution is 6.46. The van der Waals surface area contributed by atoms with Crippen molar-refractivity contribution in [1.82, 2.24) is 9.88 Å². The minimum Gasteiger partial charge on any atom is -0.507 e. The highest BCUT2D eigenvalue weighted by atomic mass is 16.5. The molecular weight excluding hydrogens is 404 g/mol. The average Bonchev–Trinajstić information content (AvgIpc) is 3.06. The van der Waals surface area contributed by atoms with E-state index < -0.39 is 17.7 Å². The fourth-order valence-corrected chi connectivity index (χ4v) is 4.12. The van der Waals surface area contributed by atoms with Gasteiger partial charge >= 0.3 is 0 Å². The Labute approximate surface area is 186 Å². The quantitative estimate of drug-likeness (QED) is 0.372. The van der Waals surface area contributed by atoms with Crippen molar-refractivity contribution in [1.29, 1.82) is 0 Å². The molecule has 2 aromatic carbocycles. The first kappa shape index (κ1) is 21.3. The maximum absolute atomic E-state index is 13.2. The van der Waals surface area contributed by atoms with Gasteiger partial charge < -0.3 is 14.7 Å². The van der Waals surface area contributed by atoms with E-state index >= 15 is 0 Å². The van der Waals surface area contributed by atoms with E-state index in [-0.39, 0.29) is 17.9 Å². The molecule has 0 spiro atoms. The van der Waals surface area contributed by atoms with Gasteiger partial charge in [0.1, 0.15) is 11.5 Å². The van der Waals surface area contributed by atoms with Gasteiger partial charge in [0.05, 0.1) is 18.7 Å². The molecule has 162 valence electrons. The number of carbonyl (C=O) groups excluding carboxylic acids is 2. The van der Waals surface area contributed by atoms with Gasteiger partial charge in [0.2, 0.25) is 0 Å². The fourth-order valence-electron chi connectivity index (χ4n) is 4.12. The molecular formula is C26H24N2O4. The van der Waals surface area contributed by atoms with Crippen molar-refractivity contribution in [3.05, 3.63) is 100 Å².